The third-order valence-corrected chi connectivity index (χ3v) is 5.79. The van der Waals surface area contributed by atoms with Crippen molar-refractivity contribution in [2.45, 2.75) is 12.8 Å². The predicted octanol–water partition coefficient (Wildman–Crippen LogP) is 2.21. The minimum atomic E-state index is -0.421. The van der Waals surface area contributed by atoms with Crippen LogP contribution in [0, 0.1) is 0 Å². The van der Waals surface area contributed by atoms with E-state index in [4.69, 9.17) is 9.15 Å². The second-order valence-corrected chi connectivity index (χ2v) is 7.71. The molecule has 8 heteroatoms. The van der Waals surface area contributed by atoms with E-state index in [-0.39, 0.29) is 5.91 Å². The molecule has 0 radical (unpaired) electrons. The number of H-pyrrole nitrogens is 1. The van der Waals surface area contributed by atoms with Gasteiger partial charge in [0.25, 0.3) is 0 Å². The number of para-hydroxylation sites is 1. The van der Waals surface area contributed by atoms with Crippen LogP contribution in [-0.2, 0) is 11.2 Å². The summed E-state index contributed by atoms with van der Waals surface area (Å²) in [7, 11) is 0. The molecule has 0 unspecified atom stereocenters. The van der Waals surface area contributed by atoms with Gasteiger partial charge in [-0.15, -0.1) is 0 Å². The number of rotatable bonds is 5. The molecule has 30 heavy (non-hydrogen) atoms. The van der Waals surface area contributed by atoms with Crippen molar-refractivity contribution in [3.63, 3.8) is 0 Å². The number of nitrogens with zero attached hydrogens (tertiary/aromatic N) is 2. The summed E-state index contributed by atoms with van der Waals surface area (Å²) >= 11 is 0. The number of carbonyl (C=O) groups is 1. The molecule has 2 aliphatic rings. The van der Waals surface area contributed by atoms with Gasteiger partial charge in [-0.1, -0.05) is 12.1 Å². The van der Waals surface area contributed by atoms with Gasteiger partial charge in [0.2, 0.25) is 5.91 Å². The van der Waals surface area contributed by atoms with Crippen LogP contribution >= 0.6 is 0 Å². The number of benzene rings is 2. The Balaban J connectivity index is 1.14. The normalized spacial score (nSPS) is 17.1. The van der Waals surface area contributed by atoms with E-state index in [1.807, 2.05) is 36.4 Å². The van der Waals surface area contributed by atoms with Crippen LogP contribution in [0.4, 0.5) is 11.4 Å². The van der Waals surface area contributed by atoms with Crippen molar-refractivity contribution in [1.29, 1.82) is 0 Å². The second kappa shape index (κ2) is 7.87. The van der Waals surface area contributed by atoms with E-state index >= 15 is 0 Å². The Hall–Kier alpha value is -3.26. The number of aromatic amines is 1. The molecule has 1 saturated heterocycles. The monoisotopic (exact) mass is 408 g/mol. The summed E-state index contributed by atoms with van der Waals surface area (Å²) in [4.78, 5) is 30.4. The van der Waals surface area contributed by atoms with E-state index in [2.05, 4.69) is 20.1 Å². The minimum absolute atomic E-state index is 0.0622. The zero-order valence-corrected chi connectivity index (χ0v) is 16.6. The van der Waals surface area contributed by atoms with Crippen LogP contribution in [0.1, 0.15) is 12.0 Å². The van der Waals surface area contributed by atoms with Gasteiger partial charge in [0.05, 0.1) is 11.2 Å². The first-order chi connectivity index (χ1) is 14.7. The van der Waals surface area contributed by atoms with Gasteiger partial charge < -0.3 is 19.4 Å². The van der Waals surface area contributed by atoms with Gasteiger partial charge >= 0.3 is 5.76 Å². The Morgan fingerprint density at radius 2 is 1.90 bits per heavy atom. The molecule has 2 aliphatic heterocycles. The summed E-state index contributed by atoms with van der Waals surface area (Å²) in [6.45, 7) is 4.97. The number of hydrogen-bond donors (Lipinski definition) is 2. The van der Waals surface area contributed by atoms with E-state index in [0.717, 1.165) is 67.3 Å². The largest absolute Gasteiger partial charge is 0.492 e. The summed E-state index contributed by atoms with van der Waals surface area (Å²) in [5, 5.41) is 2.91. The molecular weight excluding hydrogens is 384 g/mol. The van der Waals surface area contributed by atoms with Crippen molar-refractivity contribution in [3.05, 3.63) is 52.5 Å². The predicted molar refractivity (Wildman–Crippen MR) is 114 cm³/mol. The Bertz CT molecular complexity index is 1130. The number of piperazine rings is 1. The summed E-state index contributed by atoms with van der Waals surface area (Å²) in [6, 6.07) is 11.7. The van der Waals surface area contributed by atoms with Crippen LogP contribution < -0.4 is 20.7 Å². The van der Waals surface area contributed by atoms with Crippen LogP contribution in [0.3, 0.4) is 0 Å². The van der Waals surface area contributed by atoms with Crippen LogP contribution in [0.5, 0.6) is 5.75 Å². The SMILES string of the molecule is O=C1CCc2ccc(OCCN3CCN(c4cccc5[nH]c(=O)oc45)CC3)cc2N1. The smallest absolute Gasteiger partial charge is 0.417 e. The zero-order chi connectivity index (χ0) is 20.5. The third-order valence-electron chi connectivity index (χ3n) is 5.79. The first kappa shape index (κ1) is 18.7. The maximum absolute atomic E-state index is 11.6. The van der Waals surface area contributed by atoms with E-state index in [9.17, 15) is 9.59 Å². The number of oxazole rings is 1. The Labute approximate surface area is 173 Å². The van der Waals surface area contributed by atoms with E-state index < -0.39 is 5.76 Å². The highest BCUT2D eigenvalue weighted by molar-refractivity contribution is 5.94. The molecule has 0 bridgehead atoms. The Morgan fingerprint density at radius 3 is 2.77 bits per heavy atom. The quantitative estimate of drug-likeness (QED) is 0.673. The van der Waals surface area contributed by atoms with Crippen molar-refractivity contribution >= 4 is 28.4 Å². The number of amides is 1. The number of anilines is 2. The number of ether oxygens (including phenoxy) is 1. The first-order valence-corrected chi connectivity index (χ1v) is 10.3. The minimum Gasteiger partial charge on any atom is -0.492 e. The molecule has 1 amide bonds. The fourth-order valence-corrected chi connectivity index (χ4v) is 4.15. The summed E-state index contributed by atoms with van der Waals surface area (Å²) in [5.74, 6) is 0.422. The lowest BCUT2D eigenvalue weighted by Gasteiger charge is -2.35. The van der Waals surface area contributed by atoms with Gasteiger partial charge in [-0.05, 0) is 30.2 Å². The highest BCUT2D eigenvalue weighted by atomic mass is 16.5. The lowest BCUT2D eigenvalue weighted by atomic mass is 10.0. The molecule has 2 N–H and O–H groups in total. The molecule has 0 atom stereocenters. The van der Waals surface area contributed by atoms with Crippen molar-refractivity contribution in [2.75, 3.05) is 49.5 Å². The number of aromatic nitrogens is 1. The van der Waals surface area contributed by atoms with Crippen molar-refractivity contribution in [1.82, 2.24) is 9.88 Å². The van der Waals surface area contributed by atoms with Gasteiger partial charge in [0.1, 0.15) is 12.4 Å². The van der Waals surface area contributed by atoms with Gasteiger partial charge in [-0.3, -0.25) is 14.7 Å². The van der Waals surface area contributed by atoms with Crippen LogP contribution in [0.25, 0.3) is 11.1 Å². The topological polar surface area (TPSA) is 90.8 Å². The summed E-state index contributed by atoms with van der Waals surface area (Å²) in [6.07, 6.45) is 1.33. The molecule has 0 aliphatic carbocycles. The maximum atomic E-state index is 11.6. The van der Waals surface area contributed by atoms with E-state index in [1.165, 1.54) is 0 Å². The molecule has 3 aromatic rings. The highest BCUT2D eigenvalue weighted by Gasteiger charge is 2.20. The van der Waals surface area contributed by atoms with Crippen molar-refractivity contribution in [2.24, 2.45) is 0 Å². The molecular formula is C22H24N4O4. The molecule has 0 spiro atoms. The number of carbonyl (C=O) groups excluding carboxylic acids is 1. The molecule has 5 rings (SSSR count). The lowest BCUT2D eigenvalue weighted by molar-refractivity contribution is -0.116. The summed E-state index contributed by atoms with van der Waals surface area (Å²) in [5.41, 5.74) is 4.33. The Kier molecular flexibility index (Phi) is 4.92. The average molecular weight is 408 g/mol. The number of aryl methyl sites for hydroxylation is 1. The van der Waals surface area contributed by atoms with E-state index in [0.29, 0.717) is 18.6 Å². The zero-order valence-electron chi connectivity index (χ0n) is 16.6. The first-order valence-electron chi connectivity index (χ1n) is 10.3. The second-order valence-electron chi connectivity index (χ2n) is 7.71. The number of nitrogens with one attached hydrogen (secondary N) is 2. The molecule has 0 saturated carbocycles. The van der Waals surface area contributed by atoms with Crippen LogP contribution in [0.2, 0.25) is 0 Å². The van der Waals surface area contributed by atoms with Gasteiger partial charge in [0, 0.05) is 50.9 Å². The average Bonchev–Trinajstić information content (AvgIpc) is 3.14. The standard InChI is InChI=1S/C22H24N4O4/c27-20-7-5-15-4-6-16(14-18(15)23-20)29-13-12-25-8-10-26(11-9-25)19-3-1-2-17-21(19)30-22(28)24-17/h1-4,6,14H,5,7-13H2,(H,23,27)(H,24,28). The van der Waals surface area contributed by atoms with Gasteiger partial charge in [-0.2, -0.15) is 0 Å². The summed E-state index contributed by atoms with van der Waals surface area (Å²) < 4.78 is 11.2. The molecule has 156 valence electrons. The lowest BCUT2D eigenvalue weighted by Crippen LogP contribution is -2.47. The molecule has 1 aromatic heterocycles. The number of hydrogen-bond acceptors (Lipinski definition) is 6. The van der Waals surface area contributed by atoms with Crippen LogP contribution in [-0.4, -0.2) is 55.1 Å². The fraction of sp³-hybridized carbons (Fsp3) is 0.364. The van der Waals surface area contributed by atoms with Crippen molar-refractivity contribution < 1.29 is 13.9 Å². The van der Waals surface area contributed by atoms with Crippen molar-refractivity contribution in [3.8, 4) is 5.75 Å². The molecule has 1 fully saturated rings. The molecule has 8 nitrogen and oxygen atoms in total. The third kappa shape index (κ3) is 3.78. The maximum Gasteiger partial charge on any atom is 0.417 e. The highest BCUT2D eigenvalue weighted by Crippen LogP contribution is 2.28. The van der Waals surface area contributed by atoms with Gasteiger partial charge in [0.15, 0.2) is 5.58 Å². The van der Waals surface area contributed by atoms with Crippen LogP contribution in [0.15, 0.2) is 45.6 Å². The molecule has 2 aromatic carbocycles. The fourth-order valence-electron chi connectivity index (χ4n) is 4.15. The number of fused-ring (bicyclic) bond motifs is 2. The molecule has 3 heterocycles. The van der Waals surface area contributed by atoms with Gasteiger partial charge in [-0.25, -0.2) is 4.79 Å². The van der Waals surface area contributed by atoms with E-state index in [1.54, 1.807) is 0 Å². The Morgan fingerprint density at radius 1 is 1.03 bits per heavy atom.